The largest absolute Gasteiger partial charge is 0.398 e. The van der Waals surface area contributed by atoms with Crippen molar-refractivity contribution in [1.82, 2.24) is 0 Å². The highest BCUT2D eigenvalue weighted by atomic mass is 32.2. The molecule has 1 rings (SSSR count). The van der Waals surface area contributed by atoms with Crippen molar-refractivity contribution in [3.63, 3.8) is 0 Å². The first kappa shape index (κ1) is 9.14. The third-order valence-electron chi connectivity index (χ3n) is 1.78. The average molecular weight is 191 g/mol. The topological polar surface area (TPSA) is 105 Å². The van der Waals surface area contributed by atoms with E-state index in [1.54, 1.807) is 0 Å². The fourth-order valence-corrected chi connectivity index (χ4v) is 1.37. The third kappa shape index (κ3) is 1.01. The van der Waals surface area contributed by atoms with Crippen LogP contribution in [0.5, 0.6) is 0 Å². The van der Waals surface area contributed by atoms with Crippen LogP contribution in [-0.4, -0.2) is 17.8 Å². The molecule has 0 fully saturated rings. The second kappa shape index (κ2) is 2.27. The summed E-state index contributed by atoms with van der Waals surface area (Å²) >= 11 is 0. The van der Waals surface area contributed by atoms with Crippen LogP contribution in [0.4, 0.5) is 0 Å². The Morgan fingerprint density at radius 3 is 2.25 bits per heavy atom. The molecule has 0 spiro atoms. The Labute approximate surface area is 69.9 Å². The SMILES string of the molecule is CC1=C(N)C(C)(S(=O)(=O)O)N=N1. The van der Waals surface area contributed by atoms with E-state index in [1.165, 1.54) is 13.8 Å². The predicted octanol–water partition coefficient (Wildman–Crippen LogP) is 0.246. The molecule has 1 unspecified atom stereocenters. The lowest BCUT2D eigenvalue weighted by Gasteiger charge is -2.16. The van der Waals surface area contributed by atoms with E-state index in [0.717, 1.165) is 0 Å². The van der Waals surface area contributed by atoms with Crippen LogP contribution in [0.2, 0.25) is 0 Å². The minimum atomic E-state index is -4.33. The summed E-state index contributed by atoms with van der Waals surface area (Å²) in [6.45, 7) is 2.72. The fourth-order valence-electron chi connectivity index (χ4n) is 0.804. The molecule has 0 aromatic carbocycles. The van der Waals surface area contributed by atoms with E-state index < -0.39 is 15.0 Å². The molecule has 0 aromatic rings. The minimum absolute atomic E-state index is 0.0370. The number of azo groups is 1. The molecule has 0 amide bonds. The quantitative estimate of drug-likeness (QED) is 0.579. The number of nitrogens with two attached hydrogens (primary N) is 1. The molecule has 1 atom stereocenters. The Morgan fingerprint density at radius 2 is 2.08 bits per heavy atom. The fraction of sp³-hybridized carbons (Fsp3) is 0.600. The molecule has 0 aromatic heterocycles. The summed E-state index contributed by atoms with van der Waals surface area (Å²) in [5.74, 6) is 0. The number of hydrogen-bond donors (Lipinski definition) is 2. The van der Waals surface area contributed by atoms with E-state index in [1.807, 2.05) is 0 Å². The maximum Gasteiger partial charge on any atom is 0.298 e. The maximum atomic E-state index is 10.8. The zero-order valence-electron chi connectivity index (χ0n) is 6.64. The van der Waals surface area contributed by atoms with Crippen molar-refractivity contribution in [2.45, 2.75) is 18.7 Å². The van der Waals surface area contributed by atoms with Crippen molar-refractivity contribution < 1.29 is 13.0 Å². The van der Waals surface area contributed by atoms with Crippen LogP contribution in [-0.2, 0) is 10.1 Å². The predicted molar refractivity (Wildman–Crippen MR) is 41.7 cm³/mol. The van der Waals surface area contributed by atoms with E-state index in [0.29, 0.717) is 5.70 Å². The smallest absolute Gasteiger partial charge is 0.298 e. The Bertz CT molecular complexity index is 369. The molecule has 0 saturated heterocycles. The van der Waals surface area contributed by atoms with Crippen molar-refractivity contribution in [2.75, 3.05) is 0 Å². The zero-order chi connectivity index (χ0) is 9.57. The second-order valence-corrected chi connectivity index (χ2v) is 4.40. The summed E-state index contributed by atoms with van der Waals surface area (Å²) in [5, 5.41) is 6.87. The van der Waals surface area contributed by atoms with Gasteiger partial charge in [-0.15, -0.1) is 0 Å². The van der Waals surface area contributed by atoms with Gasteiger partial charge in [0.2, 0.25) is 4.87 Å². The van der Waals surface area contributed by atoms with Crippen molar-refractivity contribution in [2.24, 2.45) is 16.0 Å². The summed E-state index contributed by atoms with van der Waals surface area (Å²) in [4.78, 5) is -1.79. The van der Waals surface area contributed by atoms with Gasteiger partial charge in [0.25, 0.3) is 10.1 Å². The Hall–Kier alpha value is -0.950. The highest BCUT2D eigenvalue weighted by Crippen LogP contribution is 2.32. The van der Waals surface area contributed by atoms with Gasteiger partial charge in [0, 0.05) is 0 Å². The van der Waals surface area contributed by atoms with Gasteiger partial charge in [-0.25, -0.2) is 0 Å². The molecular formula is C5H9N3O3S. The third-order valence-corrected chi connectivity index (χ3v) is 3.09. The van der Waals surface area contributed by atoms with Crippen LogP contribution < -0.4 is 5.73 Å². The standard InChI is InChI=1S/C5H9N3O3S/c1-3-4(6)5(2,8-7-3)12(9,10)11/h6H2,1-2H3,(H,9,10,11). The molecule has 7 heteroatoms. The van der Waals surface area contributed by atoms with Crippen molar-refractivity contribution >= 4 is 10.1 Å². The first-order valence-electron chi connectivity index (χ1n) is 3.16. The highest BCUT2D eigenvalue weighted by Gasteiger charge is 2.45. The van der Waals surface area contributed by atoms with Gasteiger partial charge in [-0.3, -0.25) is 4.55 Å². The van der Waals surface area contributed by atoms with Crippen LogP contribution in [0.1, 0.15) is 13.8 Å². The van der Waals surface area contributed by atoms with Crippen LogP contribution in [0.25, 0.3) is 0 Å². The van der Waals surface area contributed by atoms with Gasteiger partial charge in [0.05, 0.1) is 11.4 Å². The lowest BCUT2D eigenvalue weighted by Crippen LogP contribution is -2.36. The van der Waals surface area contributed by atoms with Gasteiger partial charge >= 0.3 is 0 Å². The van der Waals surface area contributed by atoms with Gasteiger partial charge in [0.1, 0.15) is 0 Å². The van der Waals surface area contributed by atoms with E-state index in [-0.39, 0.29) is 5.70 Å². The summed E-state index contributed by atoms with van der Waals surface area (Å²) in [7, 11) is -4.33. The summed E-state index contributed by atoms with van der Waals surface area (Å²) in [6.07, 6.45) is 0. The van der Waals surface area contributed by atoms with Gasteiger partial charge in [0.15, 0.2) is 0 Å². The second-order valence-electron chi connectivity index (χ2n) is 2.66. The zero-order valence-corrected chi connectivity index (χ0v) is 7.46. The summed E-state index contributed by atoms with van der Waals surface area (Å²) < 4.78 is 30.4. The molecule has 3 N–H and O–H groups in total. The van der Waals surface area contributed by atoms with Gasteiger partial charge in [-0.1, -0.05) is 0 Å². The molecule has 0 radical (unpaired) electrons. The maximum absolute atomic E-state index is 10.8. The Balaban J connectivity index is 3.33. The van der Waals surface area contributed by atoms with Crippen LogP contribution in [0.3, 0.4) is 0 Å². The average Bonchev–Trinajstić information content (AvgIpc) is 2.16. The molecule has 0 aliphatic carbocycles. The van der Waals surface area contributed by atoms with Crippen LogP contribution in [0.15, 0.2) is 21.6 Å². The number of hydrogen-bond acceptors (Lipinski definition) is 5. The van der Waals surface area contributed by atoms with Crippen molar-refractivity contribution in [3.8, 4) is 0 Å². The van der Waals surface area contributed by atoms with Crippen LogP contribution >= 0.6 is 0 Å². The molecule has 6 nitrogen and oxygen atoms in total. The normalized spacial score (nSPS) is 29.9. The van der Waals surface area contributed by atoms with Crippen molar-refractivity contribution in [3.05, 3.63) is 11.4 Å². The van der Waals surface area contributed by atoms with E-state index in [4.69, 9.17) is 10.3 Å². The van der Waals surface area contributed by atoms with Crippen LogP contribution in [0, 0.1) is 0 Å². The molecule has 68 valence electrons. The molecule has 0 bridgehead atoms. The van der Waals surface area contributed by atoms with Gasteiger partial charge in [-0.2, -0.15) is 18.6 Å². The monoisotopic (exact) mass is 191 g/mol. The van der Waals surface area contributed by atoms with Crippen molar-refractivity contribution in [1.29, 1.82) is 0 Å². The number of rotatable bonds is 1. The number of nitrogens with zero attached hydrogens (tertiary/aromatic N) is 2. The summed E-state index contributed by atoms with van der Waals surface area (Å²) in [6, 6.07) is 0. The first-order valence-corrected chi connectivity index (χ1v) is 4.60. The molecule has 12 heavy (non-hydrogen) atoms. The van der Waals surface area contributed by atoms with E-state index >= 15 is 0 Å². The Kier molecular flexibility index (Phi) is 1.73. The number of allylic oxidation sites excluding steroid dienone is 1. The van der Waals surface area contributed by atoms with E-state index in [9.17, 15) is 8.42 Å². The molecular weight excluding hydrogens is 182 g/mol. The molecule has 1 heterocycles. The van der Waals surface area contributed by atoms with Gasteiger partial charge < -0.3 is 5.73 Å². The van der Waals surface area contributed by atoms with E-state index in [2.05, 4.69) is 10.2 Å². The minimum Gasteiger partial charge on any atom is -0.398 e. The summed E-state index contributed by atoms with van der Waals surface area (Å²) in [5.41, 5.74) is 5.67. The molecule has 0 saturated carbocycles. The molecule has 1 aliphatic heterocycles. The van der Waals surface area contributed by atoms with Gasteiger partial charge in [-0.05, 0) is 13.8 Å². The lowest BCUT2D eigenvalue weighted by molar-refractivity contribution is 0.450. The molecule has 1 aliphatic rings. The highest BCUT2D eigenvalue weighted by molar-refractivity contribution is 7.87. The Morgan fingerprint density at radius 1 is 1.58 bits per heavy atom. The first-order chi connectivity index (χ1) is 5.29. The lowest BCUT2D eigenvalue weighted by atomic mass is 10.2.